The number of carboxylic acids is 1. The standard InChI is InChI=1S/C16H17NO4S/c1-12-11-14(7-8-15(12)16(18)19)17-22(20,21)10-9-13-5-3-2-4-6-13/h2-8,11,17H,9-10H2,1H3,(H,18,19). The number of rotatable bonds is 6. The maximum atomic E-state index is 12.1. The molecule has 0 amide bonds. The number of anilines is 1. The van der Waals surface area contributed by atoms with Crippen molar-refractivity contribution in [1.29, 1.82) is 0 Å². The van der Waals surface area contributed by atoms with E-state index in [4.69, 9.17) is 5.11 Å². The smallest absolute Gasteiger partial charge is 0.335 e. The molecule has 0 unspecified atom stereocenters. The van der Waals surface area contributed by atoms with E-state index in [1.165, 1.54) is 18.2 Å². The van der Waals surface area contributed by atoms with Crippen molar-refractivity contribution in [3.63, 3.8) is 0 Å². The predicted molar refractivity (Wildman–Crippen MR) is 85.7 cm³/mol. The third kappa shape index (κ3) is 4.33. The summed E-state index contributed by atoms with van der Waals surface area (Å²) in [5.41, 5.74) is 1.99. The largest absolute Gasteiger partial charge is 0.478 e. The Morgan fingerprint density at radius 3 is 2.41 bits per heavy atom. The monoisotopic (exact) mass is 319 g/mol. The highest BCUT2D eigenvalue weighted by Crippen LogP contribution is 2.17. The number of sulfonamides is 1. The minimum absolute atomic E-state index is 0.0310. The molecule has 0 heterocycles. The molecule has 0 saturated heterocycles. The van der Waals surface area contributed by atoms with E-state index in [9.17, 15) is 13.2 Å². The van der Waals surface area contributed by atoms with Crippen LogP contribution in [0.3, 0.4) is 0 Å². The van der Waals surface area contributed by atoms with Crippen molar-refractivity contribution in [2.45, 2.75) is 13.3 Å². The number of nitrogens with one attached hydrogen (secondary N) is 1. The van der Waals surface area contributed by atoms with Gasteiger partial charge in [-0.3, -0.25) is 4.72 Å². The SMILES string of the molecule is Cc1cc(NS(=O)(=O)CCc2ccccc2)ccc1C(=O)O. The van der Waals surface area contributed by atoms with Crippen LogP contribution in [0.15, 0.2) is 48.5 Å². The zero-order valence-corrected chi connectivity index (χ0v) is 12.9. The van der Waals surface area contributed by atoms with Gasteiger partial charge in [0.25, 0.3) is 0 Å². The summed E-state index contributed by atoms with van der Waals surface area (Å²) in [4.78, 5) is 10.9. The van der Waals surface area contributed by atoms with E-state index in [2.05, 4.69) is 4.72 Å². The van der Waals surface area contributed by atoms with Crippen molar-refractivity contribution in [2.75, 3.05) is 10.5 Å². The molecule has 2 aromatic carbocycles. The van der Waals surface area contributed by atoms with E-state index in [-0.39, 0.29) is 11.3 Å². The third-order valence-corrected chi connectivity index (χ3v) is 4.52. The van der Waals surface area contributed by atoms with Crippen molar-refractivity contribution in [1.82, 2.24) is 0 Å². The molecule has 0 spiro atoms. The van der Waals surface area contributed by atoms with Crippen LogP contribution in [0.2, 0.25) is 0 Å². The Morgan fingerprint density at radius 2 is 1.82 bits per heavy atom. The topological polar surface area (TPSA) is 83.5 Å². The zero-order chi connectivity index (χ0) is 16.2. The average Bonchev–Trinajstić information content (AvgIpc) is 2.45. The molecule has 0 fully saturated rings. The summed E-state index contributed by atoms with van der Waals surface area (Å²) in [5, 5.41) is 8.96. The van der Waals surface area contributed by atoms with Crippen LogP contribution >= 0.6 is 0 Å². The summed E-state index contributed by atoms with van der Waals surface area (Å²) in [6.45, 7) is 1.63. The molecule has 116 valence electrons. The Hall–Kier alpha value is -2.34. The number of carboxylic acid groups (broad SMARTS) is 1. The molecular weight excluding hydrogens is 302 g/mol. The van der Waals surface area contributed by atoms with Crippen LogP contribution in [-0.2, 0) is 16.4 Å². The first-order chi connectivity index (χ1) is 10.4. The Morgan fingerprint density at radius 1 is 1.14 bits per heavy atom. The first kappa shape index (κ1) is 16.0. The number of aryl methyl sites for hydroxylation is 2. The average molecular weight is 319 g/mol. The fourth-order valence-electron chi connectivity index (χ4n) is 2.09. The normalized spacial score (nSPS) is 11.1. The second kappa shape index (κ2) is 6.62. The van der Waals surface area contributed by atoms with Gasteiger partial charge in [-0.1, -0.05) is 30.3 Å². The van der Waals surface area contributed by atoms with Crippen molar-refractivity contribution >= 4 is 21.7 Å². The highest BCUT2D eigenvalue weighted by Gasteiger charge is 2.13. The predicted octanol–water partition coefficient (Wildman–Crippen LogP) is 2.68. The lowest BCUT2D eigenvalue weighted by Crippen LogP contribution is -2.18. The fourth-order valence-corrected chi connectivity index (χ4v) is 3.19. The third-order valence-electron chi connectivity index (χ3n) is 3.23. The minimum Gasteiger partial charge on any atom is -0.478 e. The van der Waals surface area contributed by atoms with E-state index < -0.39 is 16.0 Å². The molecule has 6 heteroatoms. The second-order valence-electron chi connectivity index (χ2n) is 4.99. The second-order valence-corrected chi connectivity index (χ2v) is 6.83. The molecule has 0 radical (unpaired) electrons. The molecule has 2 rings (SSSR count). The number of aromatic carboxylic acids is 1. The van der Waals surface area contributed by atoms with Crippen LogP contribution in [0.4, 0.5) is 5.69 Å². The van der Waals surface area contributed by atoms with Crippen LogP contribution in [0, 0.1) is 6.92 Å². The van der Waals surface area contributed by atoms with Gasteiger partial charge in [-0.25, -0.2) is 13.2 Å². The molecular formula is C16H17NO4S. The minimum atomic E-state index is -3.48. The molecule has 0 aliphatic heterocycles. The van der Waals surface area contributed by atoms with Gasteiger partial charge in [0.15, 0.2) is 0 Å². The number of benzene rings is 2. The number of carbonyl (C=O) groups is 1. The molecule has 2 N–H and O–H groups in total. The van der Waals surface area contributed by atoms with E-state index >= 15 is 0 Å². The van der Waals surface area contributed by atoms with Gasteiger partial charge in [0.05, 0.1) is 11.3 Å². The summed E-state index contributed by atoms with van der Waals surface area (Å²) in [7, 11) is -3.48. The van der Waals surface area contributed by atoms with Crippen molar-refractivity contribution in [2.24, 2.45) is 0 Å². The Kier molecular flexibility index (Phi) is 4.82. The summed E-state index contributed by atoms with van der Waals surface area (Å²) in [6, 6.07) is 13.7. The van der Waals surface area contributed by atoms with Gasteiger partial charge in [-0.2, -0.15) is 0 Å². The summed E-state index contributed by atoms with van der Waals surface area (Å²) in [6.07, 6.45) is 0.419. The molecule has 0 saturated carbocycles. The van der Waals surface area contributed by atoms with Gasteiger partial charge in [0.2, 0.25) is 10.0 Å². The highest BCUT2D eigenvalue weighted by atomic mass is 32.2. The Labute approximate surface area is 129 Å². The van der Waals surface area contributed by atoms with Crippen LogP contribution < -0.4 is 4.72 Å². The maximum Gasteiger partial charge on any atom is 0.335 e. The van der Waals surface area contributed by atoms with Crippen LogP contribution in [0.5, 0.6) is 0 Å². The molecule has 5 nitrogen and oxygen atoms in total. The molecule has 2 aromatic rings. The van der Waals surface area contributed by atoms with E-state index in [0.717, 1.165) is 5.56 Å². The van der Waals surface area contributed by atoms with Crippen molar-refractivity contribution in [3.05, 3.63) is 65.2 Å². The Balaban J connectivity index is 2.05. The summed E-state index contributed by atoms with van der Waals surface area (Å²) in [5.74, 6) is -1.06. The van der Waals surface area contributed by atoms with E-state index in [1.807, 2.05) is 30.3 Å². The zero-order valence-electron chi connectivity index (χ0n) is 12.1. The lowest BCUT2D eigenvalue weighted by atomic mass is 10.1. The van der Waals surface area contributed by atoms with Crippen LogP contribution in [0.25, 0.3) is 0 Å². The number of hydrogen-bond donors (Lipinski definition) is 2. The fraction of sp³-hybridized carbons (Fsp3) is 0.188. The van der Waals surface area contributed by atoms with Gasteiger partial charge in [0.1, 0.15) is 0 Å². The first-order valence-electron chi connectivity index (χ1n) is 6.76. The molecule has 0 bridgehead atoms. The van der Waals surface area contributed by atoms with Gasteiger partial charge in [-0.05, 0) is 42.7 Å². The lowest BCUT2D eigenvalue weighted by molar-refractivity contribution is 0.0696. The van der Waals surface area contributed by atoms with E-state index in [0.29, 0.717) is 17.7 Å². The highest BCUT2D eigenvalue weighted by molar-refractivity contribution is 7.92. The van der Waals surface area contributed by atoms with Crippen molar-refractivity contribution in [3.8, 4) is 0 Å². The van der Waals surface area contributed by atoms with E-state index in [1.54, 1.807) is 6.92 Å². The molecule has 22 heavy (non-hydrogen) atoms. The molecule has 0 aliphatic carbocycles. The lowest BCUT2D eigenvalue weighted by Gasteiger charge is -2.10. The Bertz CT molecular complexity index is 770. The van der Waals surface area contributed by atoms with Gasteiger partial charge in [0, 0.05) is 5.69 Å². The van der Waals surface area contributed by atoms with Gasteiger partial charge in [-0.15, -0.1) is 0 Å². The van der Waals surface area contributed by atoms with Gasteiger partial charge >= 0.3 is 5.97 Å². The van der Waals surface area contributed by atoms with Gasteiger partial charge < -0.3 is 5.11 Å². The quantitative estimate of drug-likeness (QED) is 0.857. The van der Waals surface area contributed by atoms with Crippen molar-refractivity contribution < 1.29 is 18.3 Å². The molecule has 0 atom stereocenters. The van der Waals surface area contributed by atoms with Crippen LogP contribution in [0.1, 0.15) is 21.5 Å². The molecule has 0 aromatic heterocycles. The number of hydrogen-bond acceptors (Lipinski definition) is 3. The summed E-state index contributed by atoms with van der Waals surface area (Å²) >= 11 is 0. The van der Waals surface area contributed by atoms with Crippen LogP contribution in [-0.4, -0.2) is 25.2 Å². The first-order valence-corrected chi connectivity index (χ1v) is 8.41. The molecule has 0 aliphatic rings. The maximum absolute atomic E-state index is 12.1. The summed E-state index contributed by atoms with van der Waals surface area (Å²) < 4.78 is 26.6.